The van der Waals surface area contributed by atoms with Gasteiger partial charge in [-0.05, 0) is 35.4 Å². The summed E-state index contributed by atoms with van der Waals surface area (Å²) in [6, 6.07) is 28.8. The summed E-state index contributed by atoms with van der Waals surface area (Å²) in [6.45, 7) is 4.08. The smallest absolute Gasteiger partial charge is 0.0616 e. The molecule has 0 fully saturated rings. The minimum absolute atomic E-state index is 0.0901. The highest BCUT2D eigenvalue weighted by Gasteiger charge is 2.22. The van der Waals surface area contributed by atoms with Crippen molar-refractivity contribution in [3.8, 4) is 0 Å². The third kappa shape index (κ3) is 3.87. The SMILES string of the molecule is C=CC(c1ccccc1)C(Nc1ccc(Cl)cc1)c1ccccc1. The topological polar surface area (TPSA) is 12.0 Å². The number of hydrogen-bond donors (Lipinski definition) is 1. The molecule has 0 aromatic heterocycles. The van der Waals surface area contributed by atoms with Gasteiger partial charge < -0.3 is 5.32 Å². The van der Waals surface area contributed by atoms with Crippen LogP contribution in [0.5, 0.6) is 0 Å². The summed E-state index contributed by atoms with van der Waals surface area (Å²) < 4.78 is 0. The lowest BCUT2D eigenvalue weighted by Gasteiger charge is -2.28. The Hall–Kier alpha value is -2.51. The molecule has 3 rings (SSSR count). The van der Waals surface area contributed by atoms with Crippen LogP contribution in [0.1, 0.15) is 23.1 Å². The van der Waals surface area contributed by atoms with Crippen LogP contribution >= 0.6 is 11.6 Å². The fraction of sp³-hybridized carbons (Fsp3) is 0.0909. The van der Waals surface area contributed by atoms with Gasteiger partial charge in [-0.3, -0.25) is 0 Å². The molecule has 0 saturated carbocycles. The first-order chi connectivity index (χ1) is 11.8. The average molecular weight is 334 g/mol. The van der Waals surface area contributed by atoms with Gasteiger partial charge in [-0.1, -0.05) is 78.3 Å². The predicted octanol–water partition coefficient (Wildman–Crippen LogP) is 6.46. The molecule has 0 aliphatic carbocycles. The Morgan fingerprint density at radius 1 is 0.750 bits per heavy atom. The van der Waals surface area contributed by atoms with Crippen molar-refractivity contribution in [2.75, 3.05) is 5.32 Å². The summed E-state index contributed by atoms with van der Waals surface area (Å²) in [6.07, 6.45) is 2.01. The molecule has 2 atom stereocenters. The fourth-order valence-corrected chi connectivity index (χ4v) is 3.03. The zero-order valence-electron chi connectivity index (χ0n) is 13.4. The molecule has 0 amide bonds. The number of hydrogen-bond acceptors (Lipinski definition) is 1. The monoisotopic (exact) mass is 333 g/mol. The Balaban J connectivity index is 1.98. The van der Waals surface area contributed by atoms with E-state index in [4.69, 9.17) is 11.6 Å². The molecule has 1 N–H and O–H groups in total. The van der Waals surface area contributed by atoms with Gasteiger partial charge in [0.1, 0.15) is 0 Å². The molecule has 0 heterocycles. The summed E-state index contributed by atoms with van der Waals surface area (Å²) in [4.78, 5) is 0. The van der Waals surface area contributed by atoms with Crippen LogP contribution in [-0.2, 0) is 0 Å². The molecule has 2 unspecified atom stereocenters. The molecule has 2 heteroatoms. The molecule has 1 nitrogen and oxygen atoms in total. The van der Waals surface area contributed by atoms with Crippen LogP contribution in [-0.4, -0.2) is 0 Å². The van der Waals surface area contributed by atoms with Crippen molar-refractivity contribution in [2.24, 2.45) is 0 Å². The third-order valence-electron chi connectivity index (χ3n) is 4.12. The molecule has 0 radical (unpaired) electrons. The second kappa shape index (κ2) is 7.85. The van der Waals surface area contributed by atoms with E-state index in [1.165, 1.54) is 11.1 Å². The maximum atomic E-state index is 6.01. The second-order valence-corrected chi connectivity index (χ2v) is 6.15. The van der Waals surface area contributed by atoms with Crippen LogP contribution in [0, 0.1) is 0 Å². The summed E-state index contributed by atoms with van der Waals surface area (Å²) in [5.41, 5.74) is 3.50. The van der Waals surface area contributed by atoms with E-state index in [1.54, 1.807) is 0 Å². The summed E-state index contributed by atoms with van der Waals surface area (Å²) in [5, 5.41) is 4.38. The Bertz CT molecular complexity index is 766. The molecular formula is C22H20ClN. The van der Waals surface area contributed by atoms with Crippen molar-refractivity contribution >= 4 is 17.3 Å². The Morgan fingerprint density at radius 3 is 1.83 bits per heavy atom. The second-order valence-electron chi connectivity index (χ2n) is 5.71. The standard InChI is InChI=1S/C22H20ClN/c1-2-21(17-9-5-3-6-10-17)22(18-11-7-4-8-12-18)24-20-15-13-19(23)14-16-20/h2-16,21-22,24H,1H2. The molecule has 0 spiro atoms. The van der Waals surface area contributed by atoms with Gasteiger partial charge in [0.2, 0.25) is 0 Å². The predicted molar refractivity (Wildman–Crippen MR) is 104 cm³/mol. The molecule has 0 saturated heterocycles. The lowest BCUT2D eigenvalue weighted by molar-refractivity contribution is 0.692. The zero-order chi connectivity index (χ0) is 16.8. The van der Waals surface area contributed by atoms with Crippen molar-refractivity contribution in [3.05, 3.63) is 114 Å². The van der Waals surface area contributed by atoms with E-state index in [0.29, 0.717) is 0 Å². The number of rotatable bonds is 6. The highest BCUT2D eigenvalue weighted by Crippen LogP contribution is 2.35. The van der Waals surface area contributed by atoms with Gasteiger partial charge in [0.25, 0.3) is 0 Å². The maximum absolute atomic E-state index is 6.01. The molecular weight excluding hydrogens is 314 g/mol. The van der Waals surface area contributed by atoms with Gasteiger partial charge in [0, 0.05) is 16.6 Å². The van der Waals surface area contributed by atoms with Crippen molar-refractivity contribution < 1.29 is 0 Å². The van der Waals surface area contributed by atoms with Crippen LogP contribution in [0.2, 0.25) is 5.02 Å². The Kier molecular flexibility index (Phi) is 5.35. The Morgan fingerprint density at radius 2 is 1.29 bits per heavy atom. The van der Waals surface area contributed by atoms with E-state index >= 15 is 0 Å². The highest BCUT2D eigenvalue weighted by atomic mass is 35.5. The van der Waals surface area contributed by atoms with Crippen LogP contribution in [0.15, 0.2) is 97.6 Å². The van der Waals surface area contributed by atoms with Gasteiger partial charge in [-0.2, -0.15) is 0 Å². The first kappa shape index (κ1) is 16.4. The van der Waals surface area contributed by atoms with Crippen LogP contribution < -0.4 is 5.32 Å². The minimum atomic E-state index is 0.0901. The normalized spacial score (nSPS) is 13.0. The highest BCUT2D eigenvalue weighted by molar-refractivity contribution is 6.30. The summed E-state index contributed by atoms with van der Waals surface area (Å²) in [7, 11) is 0. The number of benzene rings is 3. The summed E-state index contributed by atoms with van der Waals surface area (Å²) in [5.74, 6) is 0.157. The van der Waals surface area contributed by atoms with E-state index < -0.39 is 0 Å². The van der Waals surface area contributed by atoms with Crippen molar-refractivity contribution in [2.45, 2.75) is 12.0 Å². The lowest BCUT2D eigenvalue weighted by Crippen LogP contribution is -2.18. The summed E-state index contributed by atoms with van der Waals surface area (Å²) >= 11 is 6.01. The first-order valence-electron chi connectivity index (χ1n) is 8.02. The van der Waals surface area contributed by atoms with Crippen LogP contribution in [0.3, 0.4) is 0 Å². The Labute approximate surface area is 148 Å². The van der Waals surface area contributed by atoms with Gasteiger partial charge in [-0.25, -0.2) is 0 Å². The number of halogens is 1. The van der Waals surface area contributed by atoms with Crippen molar-refractivity contribution in [1.82, 2.24) is 0 Å². The molecule has 24 heavy (non-hydrogen) atoms. The van der Waals surface area contributed by atoms with Gasteiger partial charge in [-0.15, -0.1) is 6.58 Å². The molecule has 3 aromatic rings. The van der Waals surface area contributed by atoms with E-state index in [0.717, 1.165) is 10.7 Å². The average Bonchev–Trinajstić information content (AvgIpc) is 2.65. The molecule has 120 valence electrons. The number of anilines is 1. The lowest BCUT2D eigenvalue weighted by atomic mass is 9.87. The number of nitrogens with one attached hydrogen (secondary N) is 1. The van der Waals surface area contributed by atoms with E-state index in [1.807, 2.05) is 42.5 Å². The van der Waals surface area contributed by atoms with E-state index in [-0.39, 0.29) is 12.0 Å². The van der Waals surface area contributed by atoms with Gasteiger partial charge in [0.15, 0.2) is 0 Å². The van der Waals surface area contributed by atoms with Crippen molar-refractivity contribution in [3.63, 3.8) is 0 Å². The largest absolute Gasteiger partial charge is 0.377 e. The van der Waals surface area contributed by atoms with Crippen molar-refractivity contribution in [1.29, 1.82) is 0 Å². The first-order valence-corrected chi connectivity index (χ1v) is 8.40. The van der Waals surface area contributed by atoms with E-state index in [9.17, 15) is 0 Å². The third-order valence-corrected chi connectivity index (χ3v) is 4.37. The molecule has 0 bridgehead atoms. The zero-order valence-corrected chi connectivity index (χ0v) is 14.2. The van der Waals surface area contributed by atoms with Gasteiger partial charge in [0.05, 0.1) is 6.04 Å². The maximum Gasteiger partial charge on any atom is 0.0616 e. The quantitative estimate of drug-likeness (QED) is 0.510. The fourth-order valence-electron chi connectivity index (χ4n) is 2.91. The van der Waals surface area contributed by atoms with Crippen LogP contribution in [0.4, 0.5) is 5.69 Å². The minimum Gasteiger partial charge on any atom is -0.377 e. The van der Waals surface area contributed by atoms with Crippen LogP contribution in [0.25, 0.3) is 0 Å². The molecule has 0 aliphatic heterocycles. The molecule has 0 aliphatic rings. The van der Waals surface area contributed by atoms with E-state index in [2.05, 4.69) is 60.4 Å². The molecule has 3 aromatic carbocycles. The van der Waals surface area contributed by atoms with Gasteiger partial charge >= 0.3 is 0 Å².